The molecule has 5 nitrogen and oxygen atoms in total. The molecule has 1 N–H and O–H groups in total. The summed E-state index contributed by atoms with van der Waals surface area (Å²) >= 11 is 5.99. The van der Waals surface area contributed by atoms with Gasteiger partial charge in [0.15, 0.2) is 5.82 Å². The Bertz CT molecular complexity index is 499. The Morgan fingerprint density at radius 3 is 3.00 bits per heavy atom. The van der Waals surface area contributed by atoms with Gasteiger partial charge in [-0.1, -0.05) is 11.6 Å². The molecule has 0 aliphatic carbocycles. The van der Waals surface area contributed by atoms with E-state index in [1.54, 1.807) is 24.4 Å². The molecule has 2 aromatic rings. The molecule has 0 amide bonds. The van der Waals surface area contributed by atoms with Crippen molar-refractivity contribution in [3.63, 3.8) is 0 Å². The first kappa shape index (κ1) is 10.9. The van der Waals surface area contributed by atoms with E-state index in [4.69, 9.17) is 16.3 Å². The molecule has 0 fully saturated rings. The van der Waals surface area contributed by atoms with Crippen molar-refractivity contribution in [2.75, 3.05) is 7.11 Å². The predicted molar refractivity (Wildman–Crippen MR) is 58.8 cm³/mol. The molecule has 0 unspecified atom stereocenters. The largest absolute Gasteiger partial charge is 0.480 e. The highest BCUT2D eigenvalue weighted by atomic mass is 35.5. The van der Waals surface area contributed by atoms with Gasteiger partial charge in [-0.25, -0.2) is 9.67 Å². The Labute approximate surface area is 97.3 Å². The van der Waals surface area contributed by atoms with Crippen molar-refractivity contribution in [2.24, 2.45) is 0 Å². The summed E-state index contributed by atoms with van der Waals surface area (Å²) < 4.78 is 6.44. The molecule has 16 heavy (non-hydrogen) atoms. The van der Waals surface area contributed by atoms with Crippen molar-refractivity contribution >= 4 is 11.6 Å². The van der Waals surface area contributed by atoms with E-state index in [9.17, 15) is 5.11 Å². The zero-order chi connectivity index (χ0) is 11.5. The van der Waals surface area contributed by atoms with Gasteiger partial charge in [0.05, 0.1) is 24.4 Å². The number of rotatable bonds is 3. The second-order valence-electron chi connectivity index (χ2n) is 3.06. The fourth-order valence-electron chi connectivity index (χ4n) is 1.32. The Hall–Kier alpha value is -1.59. The van der Waals surface area contributed by atoms with E-state index in [0.717, 1.165) is 0 Å². The van der Waals surface area contributed by atoms with Crippen molar-refractivity contribution in [3.05, 3.63) is 35.1 Å². The number of aliphatic hydroxyl groups is 1. The van der Waals surface area contributed by atoms with Gasteiger partial charge in [0.1, 0.15) is 0 Å². The van der Waals surface area contributed by atoms with Crippen molar-refractivity contribution in [3.8, 4) is 11.7 Å². The standard InChI is InChI=1S/C10H10ClN3O2/c1-16-9-5-7(6-15)14(13-9)10-8(11)3-2-4-12-10/h2-5,15H,6H2,1H3. The lowest BCUT2D eigenvalue weighted by atomic mass is 10.4. The van der Waals surface area contributed by atoms with Crippen molar-refractivity contribution in [1.29, 1.82) is 0 Å². The molecule has 0 saturated carbocycles. The van der Waals surface area contributed by atoms with E-state index in [2.05, 4.69) is 10.1 Å². The highest BCUT2D eigenvalue weighted by Crippen LogP contribution is 2.21. The number of aromatic nitrogens is 3. The number of ether oxygens (including phenoxy) is 1. The highest BCUT2D eigenvalue weighted by Gasteiger charge is 2.12. The summed E-state index contributed by atoms with van der Waals surface area (Å²) in [7, 11) is 1.51. The molecule has 2 rings (SSSR count). The van der Waals surface area contributed by atoms with Crippen LogP contribution in [0.2, 0.25) is 5.02 Å². The highest BCUT2D eigenvalue weighted by molar-refractivity contribution is 6.32. The van der Waals surface area contributed by atoms with Crippen LogP contribution >= 0.6 is 11.6 Å². The van der Waals surface area contributed by atoms with Gasteiger partial charge in [-0.15, -0.1) is 5.10 Å². The van der Waals surface area contributed by atoms with Gasteiger partial charge >= 0.3 is 0 Å². The first-order chi connectivity index (χ1) is 7.76. The summed E-state index contributed by atoms with van der Waals surface area (Å²) in [6.45, 7) is -0.163. The van der Waals surface area contributed by atoms with Crippen LogP contribution in [0.15, 0.2) is 24.4 Å². The Balaban J connectivity index is 2.54. The van der Waals surface area contributed by atoms with E-state index in [1.165, 1.54) is 11.8 Å². The number of pyridine rings is 1. The lowest BCUT2D eigenvalue weighted by Gasteiger charge is -2.05. The van der Waals surface area contributed by atoms with Gasteiger partial charge in [0, 0.05) is 12.3 Å². The lowest BCUT2D eigenvalue weighted by Crippen LogP contribution is -2.04. The lowest BCUT2D eigenvalue weighted by molar-refractivity contribution is 0.273. The Morgan fingerprint density at radius 2 is 2.38 bits per heavy atom. The quantitative estimate of drug-likeness (QED) is 0.880. The summed E-state index contributed by atoms with van der Waals surface area (Å²) in [6, 6.07) is 5.06. The van der Waals surface area contributed by atoms with E-state index in [0.29, 0.717) is 22.4 Å². The molecule has 2 aromatic heterocycles. The predicted octanol–water partition coefficient (Wildman–Crippen LogP) is 1.42. The van der Waals surface area contributed by atoms with E-state index in [1.807, 2.05) is 0 Å². The van der Waals surface area contributed by atoms with Crippen LogP contribution in [0.1, 0.15) is 5.69 Å². The summed E-state index contributed by atoms with van der Waals surface area (Å²) in [5.41, 5.74) is 0.567. The molecule has 84 valence electrons. The van der Waals surface area contributed by atoms with Crippen molar-refractivity contribution < 1.29 is 9.84 Å². The molecule has 0 bridgehead atoms. The molecule has 0 aliphatic rings. The SMILES string of the molecule is COc1cc(CO)n(-c2ncccc2Cl)n1. The summed E-state index contributed by atoms with van der Waals surface area (Å²) in [4.78, 5) is 4.11. The fraction of sp³-hybridized carbons (Fsp3) is 0.200. The second-order valence-corrected chi connectivity index (χ2v) is 3.46. The van der Waals surface area contributed by atoms with Crippen LogP contribution in [0.25, 0.3) is 5.82 Å². The van der Waals surface area contributed by atoms with Gasteiger partial charge < -0.3 is 9.84 Å². The fourth-order valence-corrected chi connectivity index (χ4v) is 1.53. The second kappa shape index (κ2) is 4.51. The first-order valence-corrected chi connectivity index (χ1v) is 4.98. The van der Waals surface area contributed by atoms with Crippen molar-refractivity contribution in [1.82, 2.24) is 14.8 Å². The third kappa shape index (κ3) is 1.87. The van der Waals surface area contributed by atoms with E-state index >= 15 is 0 Å². The van der Waals surface area contributed by atoms with Crippen LogP contribution in [-0.4, -0.2) is 27.0 Å². The average molecular weight is 240 g/mol. The molecular weight excluding hydrogens is 230 g/mol. The van der Waals surface area contributed by atoms with Gasteiger partial charge in [-0.05, 0) is 12.1 Å². The molecule has 0 aromatic carbocycles. The van der Waals surface area contributed by atoms with Gasteiger partial charge in [-0.2, -0.15) is 0 Å². The number of methoxy groups -OCH3 is 1. The zero-order valence-electron chi connectivity index (χ0n) is 8.59. The first-order valence-electron chi connectivity index (χ1n) is 4.61. The summed E-state index contributed by atoms with van der Waals surface area (Å²) in [6.07, 6.45) is 1.61. The third-order valence-corrected chi connectivity index (χ3v) is 2.37. The van der Waals surface area contributed by atoms with Gasteiger partial charge in [-0.3, -0.25) is 0 Å². The smallest absolute Gasteiger partial charge is 0.233 e. The van der Waals surface area contributed by atoms with Crippen LogP contribution in [0.3, 0.4) is 0 Å². The molecule has 0 radical (unpaired) electrons. The van der Waals surface area contributed by atoms with Gasteiger partial charge in [0.25, 0.3) is 0 Å². The van der Waals surface area contributed by atoms with Crippen LogP contribution in [-0.2, 0) is 6.61 Å². The van der Waals surface area contributed by atoms with Gasteiger partial charge in [0.2, 0.25) is 5.88 Å². The minimum Gasteiger partial charge on any atom is -0.480 e. The molecule has 0 saturated heterocycles. The molecule has 0 aliphatic heterocycles. The van der Waals surface area contributed by atoms with Crippen LogP contribution in [0.4, 0.5) is 0 Å². The zero-order valence-corrected chi connectivity index (χ0v) is 9.35. The normalized spacial score (nSPS) is 10.4. The molecule has 0 spiro atoms. The monoisotopic (exact) mass is 239 g/mol. The Kier molecular flexibility index (Phi) is 3.07. The maximum absolute atomic E-state index is 9.19. The minimum atomic E-state index is -0.163. The Morgan fingerprint density at radius 1 is 1.56 bits per heavy atom. The summed E-state index contributed by atoms with van der Waals surface area (Å²) in [5.74, 6) is 0.877. The van der Waals surface area contributed by atoms with E-state index in [-0.39, 0.29) is 6.61 Å². The van der Waals surface area contributed by atoms with E-state index < -0.39 is 0 Å². The summed E-state index contributed by atoms with van der Waals surface area (Å²) in [5, 5.41) is 13.8. The number of halogens is 1. The number of nitrogens with zero attached hydrogens (tertiary/aromatic N) is 3. The van der Waals surface area contributed by atoms with Crippen LogP contribution < -0.4 is 4.74 Å². The van der Waals surface area contributed by atoms with Crippen LogP contribution in [0, 0.1) is 0 Å². The minimum absolute atomic E-state index is 0.163. The van der Waals surface area contributed by atoms with Crippen LogP contribution in [0.5, 0.6) is 5.88 Å². The maximum atomic E-state index is 9.19. The molecule has 2 heterocycles. The molecular formula is C10H10ClN3O2. The van der Waals surface area contributed by atoms with Crippen molar-refractivity contribution in [2.45, 2.75) is 6.61 Å². The number of hydrogen-bond donors (Lipinski definition) is 1. The maximum Gasteiger partial charge on any atom is 0.233 e. The average Bonchev–Trinajstić information content (AvgIpc) is 2.72. The molecule has 6 heteroatoms. The third-order valence-electron chi connectivity index (χ3n) is 2.07. The number of hydrogen-bond acceptors (Lipinski definition) is 4. The number of aliphatic hydroxyl groups excluding tert-OH is 1. The topological polar surface area (TPSA) is 60.2 Å². The molecule has 0 atom stereocenters.